The summed E-state index contributed by atoms with van der Waals surface area (Å²) in [6, 6.07) is 8.68. The first-order chi connectivity index (χ1) is 13.1. The third-order valence-electron chi connectivity index (χ3n) is 5.24. The van der Waals surface area contributed by atoms with Crippen LogP contribution in [0.25, 0.3) is 0 Å². The van der Waals surface area contributed by atoms with Crippen molar-refractivity contribution in [3.8, 4) is 11.8 Å². The van der Waals surface area contributed by atoms with Crippen molar-refractivity contribution in [3.63, 3.8) is 0 Å². The van der Waals surface area contributed by atoms with E-state index in [2.05, 4.69) is 0 Å². The molecule has 0 heterocycles. The Labute approximate surface area is 163 Å². The molecule has 0 radical (unpaired) electrons. The molecule has 0 amide bonds. The first kappa shape index (κ1) is 20.4. The predicted octanol–water partition coefficient (Wildman–Crippen LogP) is 5.39. The largest absolute Gasteiger partial charge is 0.508 e. The van der Waals surface area contributed by atoms with Gasteiger partial charge in [0.25, 0.3) is 0 Å². The van der Waals surface area contributed by atoms with E-state index in [0.717, 1.165) is 18.2 Å². The molecule has 2 aromatic carbocycles. The number of aromatic hydroxyl groups is 1. The second-order valence-corrected chi connectivity index (χ2v) is 7.49. The zero-order valence-electron chi connectivity index (χ0n) is 14.5. The minimum atomic E-state index is -4.75. The molecule has 148 valence electrons. The Morgan fingerprint density at radius 2 is 1.86 bits per heavy atom. The normalized spacial score (nSPS) is 17.6. The fraction of sp³-hybridized carbons (Fsp3) is 0.350. The van der Waals surface area contributed by atoms with Gasteiger partial charge in [0.1, 0.15) is 11.6 Å². The van der Waals surface area contributed by atoms with Gasteiger partial charge in [0.15, 0.2) is 0 Å². The maximum absolute atomic E-state index is 13.8. The quantitative estimate of drug-likeness (QED) is 0.646. The van der Waals surface area contributed by atoms with Crippen LogP contribution in [0.15, 0.2) is 36.4 Å². The molecule has 0 saturated heterocycles. The maximum atomic E-state index is 13.8. The van der Waals surface area contributed by atoms with Gasteiger partial charge in [-0.25, -0.2) is 4.39 Å². The number of benzene rings is 2. The first-order valence-corrected chi connectivity index (χ1v) is 8.88. The number of aliphatic hydroxyl groups excluding tert-OH is 1. The average molecular weight is 414 g/mol. The summed E-state index contributed by atoms with van der Waals surface area (Å²) in [4.78, 5) is 0. The summed E-state index contributed by atoms with van der Waals surface area (Å²) in [5.74, 6) is -3.10. The third kappa shape index (κ3) is 3.94. The number of halogens is 5. The van der Waals surface area contributed by atoms with Crippen molar-refractivity contribution in [3.05, 3.63) is 63.9 Å². The van der Waals surface area contributed by atoms with Crippen molar-refractivity contribution in [2.75, 3.05) is 0 Å². The van der Waals surface area contributed by atoms with Gasteiger partial charge in [-0.2, -0.15) is 18.4 Å². The molecule has 2 atom stereocenters. The Bertz CT molecular complexity index is 935. The summed E-state index contributed by atoms with van der Waals surface area (Å²) in [5, 5.41) is 29.2. The van der Waals surface area contributed by atoms with Crippen LogP contribution >= 0.6 is 11.6 Å². The molecule has 3 rings (SSSR count). The summed E-state index contributed by atoms with van der Waals surface area (Å²) in [6.45, 7) is 0. The minimum absolute atomic E-state index is 0.111. The van der Waals surface area contributed by atoms with Gasteiger partial charge in [-0.05, 0) is 60.6 Å². The molecule has 28 heavy (non-hydrogen) atoms. The van der Waals surface area contributed by atoms with Gasteiger partial charge in [0.2, 0.25) is 0 Å². The number of alkyl halides is 3. The monoisotopic (exact) mass is 413 g/mol. The number of hydrogen-bond donors (Lipinski definition) is 2. The van der Waals surface area contributed by atoms with Crippen LogP contribution in [-0.2, 0) is 5.41 Å². The SMILES string of the molecule is N#Cc1ccc(C(O)C(CC2(c3cc(F)ccc3O)CC2)C(F)(F)F)c(Cl)c1. The number of phenolic OH excluding ortho intramolecular Hbond substituents is 1. The fourth-order valence-corrected chi connectivity index (χ4v) is 3.84. The van der Waals surface area contributed by atoms with E-state index in [1.54, 1.807) is 0 Å². The molecule has 1 fully saturated rings. The molecule has 1 aliphatic rings. The number of phenols is 1. The van der Waals surface area contributed by atoms with Crippen molar-refractivity contribution >= 4 is 11.6 Å². The zero-order chi connectivity index (χ0) is 20.7. The lowest BCUT2D eigenvalue weighted by molar-refractivity contribution is -0.205. The highest BCUT2D eigenvalue weighted by Gasteiger charge is 2.55. The number of nitrogens with zero attached hydrogens (tertiary/aromatic N) is 1. The van der Waals surface area contributed by atoms with E-state index >= 15 is 0 Å². The highest BCUT2D eigenvalue weighted by molar-refractivity contribution is 6.31. The van der Waals surface area contributed by atoms with E-state index in [4.69, 9.17) is 16.9 Å². The van der Waals surface area contributed by atoms with E-state index in [1.807, 2.05) is 6.07 Å². The standard InChI is InChI=1S/C20H16ClF4NO2/c21-16-7-11(10-26)1-3-13(16)18(28)15(20(23,24)25)9-19(5-6-19)14-8-12(22)2-4-17(14)27/h1-4,7-8,15,18,27-28H,5-6,9H2. The lowest BCUT2D eigenvalue weighted by Crippen LogP contribution is -2.33. The molecule has 1 aliphatic carbocycles. The van der Waals surface area contributed by atoms with Crippen molar-refractivity contribution in [1.29, 1.82) is 5.26 Å². The molecular weight excluding hydrogens is 398 g/mol. The molecule has 1 saturated carbocycles. The van der Waals surface area contributed by atoms with Crippen LogP contribution in [0.5, 0.6) is 5.75 Å². The van der Waals surface area contributed by atoms with E-state index in [0.29, 0.717) is 12.8 Å². The van der Waals surface area contributed by atoms with Crippen LogP contribution in [0.2, 0.25) is 5.02 Å². The highest BCUT2D eigenvalue weighted by Crippen LogP contribution is 2.58. The van der Waals surface area contributed by atoms with Gasteiger partial charge >= 0.3 is 6.18 Å². The topological polar surface area (TPSA) is 64.2 Å². The molecule has 8 heteroatoms. The van der Waals surface area contributed by atoms with Crippen LogP contribution in [0.3, 0.4) is 0 Å². The van der Waals surface area contributed by atoms with Gasteiger partial charge in [-0.3, -0.25) is 0 Å². The molecular formula is C20H16ClF4NO2. The molecule has 0 aromatic heterocycles. The number of hydrogen-bond acceptors (Lipinski definition) is 3. The molecule has 0 spiro atoms. The molecule has 2 aromatic rings. The highest BCUT2D eigenvalue weighted by atomic mass is 35.5. The Morgan fingerprint density at radius 1 is 1.18 bits per heavy atom. The van der Waals surface area contributed by atoms with Gasteiger partial charge in [0.05, 0.1) is 23.7 Å². The lowest BCUT2D eigenvalue weighted by atomic mass is 9.81. The smallest absolute Gasteiger partial charge is 0.394 e. The fourth-order valence-electron chi connectivity index (χ4n) is 3.55. The number of aliphatic hydroxyl groups is 1. The number of rotatable bonds is 5. The molecule has 0 bridgehead atoms. The second kappa shape index (κ2) is 7.26. The molecule has 0 aliphatic heterocycles. The molecule has 3 nitrogen and oxygen atoms in total. The van der Waals surface area contributed by atoms with Crippen LogP contribution in [0, 0.1) is 23.1 Å². The van der Waals surface area contributed by atoms with Crippen molar-refractivity contribution in [1.82, 2.24) is 0 Å². The number of nitriles is 1. The summed E-state index contributed by atoms with van der Waals surface area (Å²) < 4.78 is 55.0. The summed E-state index contributed by atoms with van der Waals surface area (Å²) >= 11 is 5.98. The van der Waals surface area contributed by atoms with Crippen LogP contribution < -0.4 is 0 Å². The Kier molecular flexibility index (Phi) is 5.30. The molecule has 2 unspecified atom stereocenters. The van der Waals surface area contributed by atoms with Gasteiger partial charge < -0.3 is 10.2 Å². The van der Waals surface area contributed by atoms with E-state index in [9.17, 15) is 27.8 Å². The molecule has 2 N–H and O–H groups in total. The minimum Gasteiger partial charge on any atom is -0.508 e. The van der Waals surface area contributed by atoms with E-state index in [1.165, 1.54) is 18.2 Å². The van der Waals surface area contributed by atoms with Crippen LogP contribution in [-0.4, -0.2) is 16.4 Å². The predicted molar refractivity (Wildman–Crippen MR) is 94.3 cm³/mol. The second-order valence-electron chi connectivity index (χ2n) is 7.09. The Balaban J connectivity index is 1.96. The van der Waals surface area contributed by atoms with Crippen LogP contribution in [0.1, 0.15) is 42.1 Å². The first-order valence-electron chi connectivity index (χ1n) is 8.51. The van der Waals surface area contributed by atoms with Gasteiger partial charge in [0, 0.05) is 10.6 Å². The third-order valence-corrected chi connectivity index (χ3v) is 5.57. The summed E-state index contributed by atoms with van der Waals surface area (Å²) in [5.41, 5.74) is -0.929. The van der Waals surface area contributed by atoms with Crippen molar-refractivity contribution in [2.24, 2.45) is 5.92 Å². The van der Waals surface area contributed by atoms with E-state index < -0.39 is 35.9 Å². The Hall–Kier alpha value is -2.30. The average Bonchev–Trinajstić information content (AvgIpc) is 3.41. The van der Waals surface area contributed by atoms with E-state index in [-0.39, 0.29) is 27.5 Å². The van der Waals surface area contributed by atoms with Gasteiger partial charge in [-0.15, -0.1) is 0 Å². The summed E-state index contributed by atoms with van der Waals surface area (Å²) in [7, 11) is 0. The lowest BCUT2D eigenvalue weighted by Gasteiger charge is -2.30. The Morgan fingerprint density at radius 3 is 2.39 bits per heavy atom. The van der Waals surface area contributed by atoms with Crippen molar-refractivity contribution < 1.29 is 27.8 Å². The zero-order valence-corrected chi connectivity index (χ0v) is 15.2. The van der Waals surface area contributed by atoms with Crippen LogP contribution in [0.4, 0.5) is 17.6 Å². The summed E-state index contributed by atoms with van der Waals surface area (Å²) in [6.07, 6.45) is -6.57. The maximum Gasteiger partial charge on any atom is 0.394 e. The van der Waals surface area contributed by atoms with Gasteiger partial charge in [-0.1, -0.05) is 17.7 Å². The van der Waals surface area contributed by atoms with Crippen molar-refractivity contribution in [2.45, 2.75) is 37.0 Å².